The van der Waals surface area contributed by atoms with Gasteiger partial charge in [-0.15, -0.1) is 23.2 Å². The van der Waals surface area contributed by atoms with Crippen LogP contribution in [0.3, 0.4) is 0 Å². The SMILES string of the molecule is CC(=O)C1C(C)C=CCC1(C)C.CC1C=CCC(C)(C)C1C(=O)CCCCl.ClCCBr.[CH2-]CCC.[Cl-].[Mg+2]. The van der Waals surface area contributed by atoms with E-state index in [9.17, 15) is 9.59 Å². The predicted molar refractivity (Wildman–Crippen MR) is 167 cm³/mol. The summed E-state index contributed by atoms with van der Waals surface area (Å²) in [6.45, 7) is 20.4. The zero-order valence-corrected chi connectivity index (χ0v) is 30.0. The van der Waals surface area contributed by atoms with Gasteiger partial charge < -0.3 is 19.3 Å². The molecule has 0 heterocycles. The van der Waals surface area contributed by atoms with Crippen LogP contribution in [0.5, 0.6) is 0 Å². The van der Waals surface area contributed by atoms with Gasteiger partial charge in [-0.1, -0.05) is 95.1 Å². The molecule has 0 N–H and O–H groups in total. The molecular weight excluding hydrogens is 603 g/mol. The summed E-state index contributed by atoms with van der Waals surface area (Å²) in [5, 5.41) is 0.897. The molecule has 0 saturated heterocycles. The molecule has 4 unspecified atom stereocenters. The molecule has 0 fully saturated rings. The van der Waals surface area contributed by atoms with Crippen molar-refractivity contribution in [2.45, 2.75) is 93.9 Å². The molecule has 0 aromatic carbocycles. The number of hydrogen-bond donors (Lipinski definition) is 0. The van der Waals surface area contributed by atoms with Gasteiger partial charge >= 0.3 is 23.1 Å². The maximum Gasteiger partial charge on any atom is 2.00 e. The molecule has 0 radical (unpaired) electrons. The Morgan fingerprint density at radius 2 is 1.32 bits per heavy atom. The number of hydrogen-bond acceptors (Lipinski definition) is 2. The molecule has 4 atom stereocenters. The molecule has 0 aliphatic heterocycles. The smallest absolute Gasteiger partial charge is 1.00 e. The van der Waals surface area contributed by atoms with Crippen LogP contribution in [-0.2, 0) is 9.59 Å². The van der Waals surface area contributed by atoms with Crippen molar-refractivity contribution in [2.75, 3.05) is 17.1 Å². The number of rotatable bonds is 7. The maximum absolute atomic E-state index is 12.1. The van der Waals surface area contributed by atoms with Gasteiger partial charge in [-0.25, -0.2) is 0 Å². The van der Waals surface area contributed by atoms with Gasteiger partial charge in [0.15, 0.2) is 0 Å². The molecule has 0 amide bonds. The van der Waals surface area contributed by atoms with E-state index in [-0.39, 0.29) is 58.1 Å². The summed E-state index contributed by atoms with van der Waals surface area (Å²) in [6, 6.07) is 0. The van der Waals surface area contributed by atoms with E-state index in [1.54, 1.807) is 6.92 Å². The van der Waals surface area contributed by atoms with Gasteiger partial charge in [-0.05, 0) is 48.9 Å². The molecular formula is C30H52BrCl3MgO2. The number of allylic oxidation sites excluding steroid dienone is 4. The Balaban J connectivity index is -0.000000222. The average molecular weight is 655 g/mol. The van der Waals surface area contributed by atoms with Crippen molar-refractivity contribution in [2.24, 2.45) is 34.5 Å². The van der Waals surface area contributed by atoms with Gasteiger partial charge in [0.1, 0.15) is 11.6 Å². The van der Waals surface area contributed by atoms with Gasteiger partial charge in [-0.3, -0.25) is 9.59 Å². The molecule has 37 heavy (non-hydrogen) atoms. The summed E-state index contributed by atoms with van der Waals surface area (Å²) in [6.07, 6.45) is 14.5. The van der Waals surface area contributed by atoms with E-state index in [0.29, 0.717) is 41.6 Å². The Bertz CT molecular complexity index is 643. The summed E-state index contributed by atoms with van der Waals surface area (Å²) in [4.78, 5) is 23.5. The molecule has 0 aromatic rings. The first-order valence-corrected chi connectivity index (χ1v) is 15.3. The minimum absolute atomic E-state index is 0. The fourth-order valence-electron chi connectivity index (χ4n) is 5.12. The van der Waals surface area contributed by atoms with Crippen molar-refractivity contribution >= 4 is 73.8 Å². The van der Waals surface area contributed by atoms with Crippen LogP contribution in [0.1, 0.15) is 93.9 Å². The van der Waals surface area contributed by atoms with Gasteiger partial charge in [0.2, 0.25) is 0 Å². The van der Waals surface area contributed by atoms with Crippen LogP contribution in [0.2, 0.25) is 0 Å². The third-order valence-electron chi connectivity index (χ3n) is 6.67. The van der Waals surface area contributed by atoms with Crippen LogP contribution in [0.15, 0.2) is 24.3 Å². The standard InChI is InChI=1S/C13H21ClO.C11H18O.C4H9.C2H4BrCl.ClH.Mg/c1-10-6-4-8-13(2,3)12(10)11(15)7-5-9-14;1-8-6-5-7-11(3,4)10(8)9(2)12;1-3-4-2;3-1-2-4;;/h4,6,10,12H,5,7-9H2,1-3H3;5-6,8,10H,7H2,1-4H3;1,3-4H2,2H3;1-2H2;1H;/q;;-1;;;+2/p-1. The second-order valence-electron chi connectivity index (χ2n) is 11.0. The summed E-state index contributed by atoms with van der Waals surface area (Å²) in [5.74, 6) is 3.17. The Morgan fingerprint density at radius 3 is 1.57 bits per heavy atom. The van der Waals surface area contributed by atoms with Crippen molar-refractivity contribution in [3.8, 4) is 0 Å². The zero-order chi connectivity index (χ0) is 27.7. The van der Waals surface area contributed by atoms with Crippen molar-refractivity contribution in [1.29, 1.82) is 0 Å². The molecule has 0 spiro atoms. The number of unbranched alkanes of at least 4 members (excludes halogenated alkanes) is 1. The minimum Gasteiger partial charge on any atom is -1.00 e. The summed E-state index contributed by atoms with van der Waals surface area (Å²) in [5.41, 5.74) is 0.261. The molecule has 0 bridgehead atoms. The van der Waals surface area contributed by atoms with Gasteiger partial charge in [0, 0.05) is 35.3 Å². The normalized spacial score (nSPS) is 24.2. The molecule has 2 rings (SSSR count). The maximum atomic E-state index is 12.1. The van der Waals surface area contributed by atoms with Crippen LogP contribution >= 0.6 is 39.1 Å². The number of alkyl halides is 3. The van der Waals surface area contributed by atoms with E-state index >= 15 is 0 Å². The van der Waals surface area contributed by atoms with E-state index in [4.69, 9.17) is 23.2 Å². The first-order valence-electron chi connectivity index (χ1n) is 13.1. The third kappa shape index (κ3) is 18.8. The Hall–Kier alpha value is 0.936. The summed E-state index contributed by atoms with van der Waals surface area (Å²) < 4.78 is 0. The fraction of sp³-hybridized carbons (Fsp3) is 0.767. The number of carbonyl (C=O) groups is 2. The van der Waals surface area contributed by atoms with Crippen LogP contribution in [0, 0.1) is 41.4 Å². The van der Waals surface area contributed by atoms with E-state index in [1.165, 1.54) is 6.42 Å². The third-order valence-corrected chi connectivity index (χ3v) is 7.98. The fourth-order valence-corrected chi connectivity index (χ4v) is 5.25. The van der Waals surface area contributed by atoms with Crippen LogP contribution < -0.4 is 12.4 Å². The Morgan fingerprint density at radius 1 is 0.946 bits per heavy atom. The second-order valence-corrected chi connectivity index (χ2v) is 12.6. The van der Waals surface area contributed by atoms with Gasteiger partial charge in [0.25, 0.3) is 0 Å². The summed E-state index contributed by atoms with van der Waals surface area (Å²) >= 11 is 13.9. The number of halogens is 4. The van der Waals surface area contributed by atoms with E-state index in [0.717, 1.165) is 31.0 Å². The molecule has 2 aliphatic rings. The van der Waals surface area contributed by atoms with Crippen molar-refractivity contribution in [3.05, 3.63) is 31.2 Å². The first kappa shape index (κ1) is 44.9. The molecule has 214 valence electrons. The van der Waals surface area contributed by atoms with E-state index in [2.05, 4.69) is 95.6 Å². The quantitative estimate of drug-likeness (QED) is 0.136. The topological polar surface area (TPSA) is 34.1 Å². The largest absolute Gasteiger partial charge is 2.00 e. The monoisotopic (exact) mass is 652 g/mol. The van der Waals surface area contributed by atoms with Crippen molar-refractivity contribution in [1.82, 2.24) is 0 Å². The number of carbonyl (C=O) groups excluding carboxylic acids is 2. The Kier molecular flexibility index (Phi) is 30.0. The Labute approximate surface area is 270 Å². The molecule has 2 nitrogen and oxygen atoms in total. The molecule has 0 aromatic heterocycles. The molecule has 7 heteroatoms. The second kappa shape index (κ2) is 24.7. The average Bonchev–Trinajstić information content (AvgIpc) is 2.76. The van der Waals surface area contributed by atoms with Crippen LogP contribution in [0.4, 0.5) is 0 Å². The van der Waals surface area contributed by atoms with Gasteiger partial charge in [-0.2, -0.15) is 6.42 Å². The first-order chi connectivity index (χ1) is 16.3. The minimum atomic E-state index is 0. The van der Waals surface area contributed by atoms with E-state index < -0.39 is 0 Å². The number of ketones is 2. The summed E-state index contributed by atoms with van der Waals surface area (Å²) in [7, 11) is 0. The van der Waals surface area contributed by atoms with Gasteiger partial charge in [0.05, 0.1) is 0 Å². The molecule has 0 saturated carbocycles. The van der Waals surface area contributed by atoms with E-state index in [1.807, 2.05) is 0 Å². The van der Waals surface area contributed by atoms with Crippen LogP contribution in [-0.4, -0.2) is 51.7 Å². The van der Waals surface area contributed by atoms with Crippen molar-refractivity contribution < 1.29 is 22.0 Å². The molecule has 2 aliphatic carbocycles. The predicted octanol–water partition coefficient (Wildman–Crippen LogP) is 6.49. The number of Topliss-reactive ketones (excluding diaryl/α,β-unsaturated/α-hetero) is 2. The zero-order valence-electron chi connectivity index (χ0n) is 24.7. The van der Waals surface area contributed by atoms with Crippen molar-refractivity contribution in [3.63, 3.8) is 0 Å². The van der Waals surface area contributed by atoms with Crippen LogP contribution in [0.25, 0.3) is 0 Å².